The van der Waals surface area contributed by atoms with E-state index in [1.807, 2.05) is 6.92 Å². The Morgan fingerprint density at radius 3 is 2.70 bits per heavy atom. The molecule has 2 aromatic rings. The van der Waals surface area contributed by atoms with E-state index in [9.17, 15) is 9.59 Å². The van der Waals surface area contributed by atoms with Gasteiger partial charge in [-0.25, -0.2) is 0 Å². The number of aromatic nitrogens is 1. The van der Waals surface area contributed by atoms with Crippen molar-refractivity contribution in [1.82, 2.24) is 9.88 Å². The van der Waals surface area contributed by atoms with E-state index < -0.39 is 0 Å². The first-order chi connectivity index (χ1) is 14.6. The largest absolute Gasteiger partial charge is 0.497 e. The average Bonchev–Trinajstić information content (AvgIpc) is 3.15. The number of rotatable bonds is 8. The quantitative estimate of drug-likeness (QED) is 0.661. The molecule has 2 heterocycles. The molecule has 0 N–H and O–H groups in total. The number of hydrogen-bond donors (Lipinski definition) is 0. The molecule has 0 saturated heterocycles. The van der Waals surface area contributed by atoms with Crippen LogP contribution in [0.4, 0.5) is 5.69 Å². The first-order valence-corrected chi connectivity index (χ1v) is 9.53. The molecule has 0 atom stereocenters. The summed E-state index contributed by atoms with van der Waals surface area (Å²) < 4.78 is 16.1. The smallest absolute Gasteiger partial charge is 0.255 e. The van der Waals surface area contributed by atoms with Crippen LogP contribution in [0.15, 0.2) is 47.8 Å². The van der Waals surface area contributed by atoms with Gasteiger partial charge in [0, 0.05) is 18.8 Å². The summed E-state index contributed by atoms with van der Waals surface area (Å²) in [4.78, 5) is 30.8. The fourth-order valence-electron chi connectivity index (χ4n) is 3.04. The summed E-state index contributed by atoms with van der Waals surface area (Å²) in [7, 11) is 3.06. The molecule has 1 aromatic heterocycles. The number of pyridine rings is 1. The van der Waals surface area contributed by atoms with Crippen molar-refractivity contribution in [2.45, 2.75) is 19.8 Å². The van der Waals surface area contributed by atoms with Gasteiger partial charge in [0.15, 0.2) is 0 Å². The summed E-state index contributed by atoms with van der Waals surface area (Å²) in [5, 5.41) is 5.66. The number of amides is 2. The Hall–Kier alpha value is -3.62. The number of hydrogen-bond acceptors (Lipinski definition) is 7. The van der Waals surface area contributed by atoms with Crippen LogP contribution >= 0.6 is 0 Å². The Labute approximate surface area is 174 Å². The molecule has 9 nitrogen and oxygen atoms in total. The second kappa shape index (κ2) is 9.73. The van der Waals surface area contributed by atoms with E-state index in [0.29, 0.717) is 35.3 Å². The molecule has 0 radical (unpaired) electrons. The number of anilines is 1. The number of ether oxygens (including phenoxy) is 3. The van der Waals surface area contributed by atoms with Gasteiger partial charge in [-0.1, -0.05) is 0 Å². The highest BCUT2D eigenvalue weighted by atomic mass is 16.5. The minimum atomic E-state index is -0.244. The van der Waals surface area contributed by atoms with Gasteiger partial charge in [-0.15, -0.1) is 0 Å². The van der Waals surface area contributed by atoms with Crippen molar-refractivity contribution in [3.63, 3.8) is 0 Å². The van der Waals surface area contributed by atoms with E-state index >= 15 is 0 Å². The molecule has 0 aliphatic carbocycles. The normalized spacial score (nSPS) is 13.1. The Morgan fingerprint density at radius 1 is 1.20 bits per heavy atom. The summed E-state index contributed by atoms with van der Waals surface area (Å²) in [5.41, 5.74) is 0.488. The van der Waals surface area contributed by atoms with Crippen LogP contribution < -0.4 is 19.2 Å². The van der Waals surface area contributed by atoms with Gasteiger partial charge >= 0.3 is 0 Å². The number of hydrazone groups is 1. The Morgan fingerprint density at radius 2 is 2.03 bits per heavy atom. The van der Waals surface area contributed by atoms with Crippen LogP contribution in [0.25, 0.3) is 0 Å². The van der Waals surface area contributed by atoms with Gasteiger partial charge < -0.3 is 14.2 Å². The monoisotopic (exact) mass is 412 g/mol. The van der Waals surface area contributed by atoms with Crippen LogP contribution in [-0.2, 0) is 9.59 Å². The fraction of sp³-hybridized carbons (Fsp3) is 0.333. The molecule has 1 aliphatic heterocycles. The van der Waals surface area contributed by atoms with Gasteiger partial charge in [0.1, 0.15) is 28.8 Å². The van der Waals surface area contributed by atoms with Crippen LogP contribution in [0, 0.1) is 0 Å². The van der Waals surface area contributed by atoms with E-state index in [1.54, 1.807) is 49.8 Å². The Balaban J connectivity index is 1.70. The van der Waals surface area contributed by atoms with Gasteiger partial charge in [0.2, 0.25) is 5.91 Å². The van der Waals surface area contributed by atoms with Crippen LogP contribution in [-0.4, -0.2) is 54.9 Å². The number of carbonyl (C=O) groups is 2. The number of nitrogens with zero attached hydrogens (tertiary/aromatic N) is 4. The predicted octanol–water partition coefficient (Wildman–Crippen LogP) is 2.47. The topological polar surface area (TPSA) is 93.6 Å². The summed E-state index contributed by atoms with van der Waals surface area (Å²) in [5.74, 6) is 1.63. The lowest BCUT2D eigenvalue weighted by Gasteiger charge is -2.20. The molecule has 2 amide bonds. The molecule has 3 rings (SSSR count). The third kappa shape index (κ3) is 4.68. The zero-order chi connectivity index (χ0) is 21.5. The van der Waals surface area contributed by atoms with Crippen LogP contribution in [0.1, 0.15) is 19.8 Å². The molecule has 158 valence electrons. The van der Waals surface area contributed by atoms with Crippen molar-refractivity contribution in [3.05, 3.63) is 42.7 Å². The molecule has 30 heavy (non-hydrogen) atoms. The third-order valence-electron chi connectivity index (χ3n) is 4.52. The van der Waals surface area contributed by atoms with Gasteiger partial charge in [0.05, 0.1) is 39.9 Å². The summed E-state index contributed by atoms with van der Waals surface area (Å²) in [6.07, 6.45) is 3.41. The maximum Gasteiger partial charge on any atom is 0.255 e. The number of carbonyl (C=O) groups excluding carboxylic acids is 2. The molecule has 1 aliphatic rings. The van der Waals surface area contributed by atoms with Crippen molar-refractivity contribution < 1.29 is 23.8 Å². The Kier molecular flexibility index (Phi) is 6.84. The van der Waals surface area contributed by atoms with E-state index in [-0.39, 0.29) is 31.3 Å². The first-order valence-electron chi connectivity index (χ1n) is 9.53. The number of amidine groups is 1. The van der Waals surface area contributed by atoms with Gasteiger partial charge in [-0.05, 0) is 31.2 Å². The standard InChI is InChI=1S/C21H24N4O5/c1-4-24(20(26)9-11-30-16-6-5-10-22-14-16)19-13-21(27)25(23-19)17-8-7-15(28-2)12-18(17)29-3/h5-8,10,12,14H,4,9,11,13H2,1-3H3. The molecule has 9 heteroatoms. The van der Waals surface area contributed by atoms with Gasteiger partial charge in [-0.2, -0.15) is 10.1 Å². The fourth-order valence-corrected chi connectivity index (χ4v) is 3.04. The predicted molar refractivity (Wildman–Crippen MR) is 111 cm³/mol. The minimum Gasteiger partial charge on any atom is -0.497 e. The molecule has 0 fully saturated rings. The molecule has 0 spiro atoms. The lowest BCUT2D eigenvalue weighted by atomic mass is 10.2. The second-order valence-corrected chi connectivity index (χ2v) is 6.36. The van der Waals surface area contributed by atoms with Crippen molar-refractivity contribution in [3.8, 4) is 17.2 Å². The van der Waals surface area contributed by atoms with Crippen LogP contribution in [0.2, 0.25) is 0 Å². The summed E-state index contributed by atoms with van der Waals surface area (Å²) >= 11 is 0. The van der Waals surface area contributed by atoms with Crippen molar-refractivity contribution >= 4 is 23.3 Å². The molecule has 0 bridgehead atoms. The van der Waals surface area contributed by atoms with Gasteiger partial charge in [0.25, 0.3) is 5.91 Å². The van der Waals surface area contributed by atoms with Crippen molar-refractivity contribution in [1.29, 1.82) is 0 Å². The molecule has 0 saturated carbocycles. The summed E-state index contributed by atoms with van der Waals surface area (Å²) in [6, 6.07) is 8.62. The molecular weight excluding hydrogens is 388 g/mol. The highest BCUT2D eigenvalue weighted by Gasteiger charge is 2.32. The molecule has 1 aromatic carbocycles. The highest BCUT2D eigenvalue weighted by Crippen LogP contribution is 2.34. The maximum atomic E-state index is 12.7. The van der Waals surface area contributed by atoms with E-state index in [2.05, 4.69) is 10.1 Å². The minimum absolute atomic E-state index is 0.0260. The second-order valence-electron chi connectivity index (χ2n) is 6.36. The van der Waals surface area contributed by atoms with E-state index in [1.165, 1.54) is 17.0 Å². The van der Waals surface area contributed by atoms with E-state index in [0.717, 1.165) is 0 Å². The Bertz CT molecular complexity index is 932. The molecule has 0 unspecified atom stereocenters. The summed E-state index contributed by atoms with van der Waals surface area (Å²) in [6.45, 7) is 2.44. The average molecular weight is 412 g/mol. The van der Waals surface area contributed by atoms with Crippen LogP contribution in [0.3, 0.4) is 0 Å². The number of benzene rings is 1. The third-order valence-corrected chi connectivity index (χ3v) is 4.52. The van der Waals surface area contributed by atoms with E-state index in [4.69, 9.17) is 14.2 Å². The maximum absolute atomic E-state index is 12.7. The lowest BCUT2D eigenvalue weighted by molar-refractivity contribution is -0.127. The first kappa shape index (κ1) is 21.1. The van der Waals surface area contributed by atoms with Crippen LogP contribution in [0.5, 0.6) is 17.2 Å². The zero-order valence-electron chi connectivity index (χ0n) is 17.2. The SMILES string of the molecule is CCN(C(=O)CCOc1cccnc1)C1=NN(c2ccc(OC)cc2OC)C(=O)C1. The number of methoxy groups -OCH3 is 2. The van der Waals surface area contributed by atoms with Crippen molar-refractivity contribution in [2.75, 3.05) is 32.4 Å². The van der Waals surface area contributed by atoms with Crippen molar-refractivity contribution in [2.24, 2.45) is 5.10 Å². The lowest BCUT2D eigenvalue weighted by Crippen LogP contribution is -2.36. The highest BCUT2D eigenvalue weighted by molar-refractivity contribution is 6.16. The van der Waals surface area contributed by atoms with Gasteiger partial charge in [-0.3, -0.25) is 19.5 Å². The zero-order valence-corrected chi connectivity index (χ0v) is 17.2. The molecular formula is C21H24N4O5.